The topological polar surface area (TPSA) is 79.1 Å². The third-order valence-corrected chi connectivity index (χ3v) is 3.70. The highest BCUT2D eigenvalue weighted by molar-refractivity contribution is 7.99. The number of rotatable bonds is 5. The van der Waals surface area contributed by atoms with Gasteiger partial charge in [0.2, 0.25) is 5.16 Å². The summed E-state index contributed by atoms with van der Waals surface area (Å²) >= 11 is 1.48. The molecule has 0 saturated carbocycles. The highest BCUT2D eigenvalue weighted by Crippen LogP contribution is 2.25. The maximum atomic E-state index is 11.0. The van der Waals surface area contributed by atoms with Crippen molar-refractivity contribution in [3.63, 3.8) is 0 Å². The van der Waals surface area contributed by atoms with E-state index in [1.54, 1.807) is 0 Å². The lowest BCUT2D eigenvalue weighted by atomic mass is 10.1. The minimum absolute atomic E-state index is 0.215. The number of methoxy groups -OCH3 is 1. The Bertz CT molecular complexity index is 392. The molecule has 7 nitrogen and oxygen atoms in total. The molecular weight excluding hydrogens is 256 g/mol. The summed E-state index contributed by atoms with van der Waals surface area (Å²) in [5, 5.41) is 12.5. The Balaban J connectivity index is 1.88. The summed E-state index contributed by atoms with van der Waals surface area (Å²) in [6.45, 7) is 1.49. The molecular formula is C10H16N4O3S. The minimum atomic E-state index is -0.215. The zero-order valence-electron chi connectivity index (χ0n) is 10.2. The van der Waals surface area contributed by atoms with Crippen molar-refractivity contribution in [3.8, 4) is 0 Å². The molecule has 1 fully saturated rings. The van der Waals surface area contributed by atoms with Crippen LogP contribution in [0.4, 0.5) is 0 Å². The van der Waals surface area contributed by atoms with Gasteiger partial charge in [0.25, 0.3) is 0 Å². The zero-order chi connectivity index (χ0) is 12.8. The molecule has 100 valence electrons. The van der Waals surface area contributed by atoms with E-state index in [9.17, 15) is 4.79 Å². The molecule has 0 spiro atoms. The van der Waals surface area contributed by atoms with Crippen molar-refractivity contribution < 1.29 is 14.3 Å². The number of tetrazole rings is 1. The number of hydrogen-bond donors (Lipinski definition) is 0. The first-order valence-electron chi connectivity index (χ1n) is 5.86. The van der Waals surface area contributed by atoms with Gasteiger partial charge in [0.05, 0.1) is 19.6 Å². The fraction of sp³-hybridized carbons (Fsp3) is 0.800. The SMILES string of the molecule is COC(=O)CCSc1nnnn1C1CCOCC1. The van der Waals surface area contributed by atoms with Gasteiger partial charge in [0.1, 0.15) is 0 Å². The lowest BCUT2D eigenvalue weighted by Gasteiger charge is -2.22. The molecule has 0 atom stereocenters. The average Bonchev–Trinajstić information content (AvgIpc) is 2.88. The van der Waals surface area contributed by atoms with Crippen molar-refractivity contribution in [1.82, 2.24) is 20.2 Å². The van der Waals surface area contributed by atoms with E-state index >= 15 is 0 Å². The van der Waals surface area contributed by atoms with Crippen LogP contribution in [-0.4, -0.2) is 52.3 Å². The summed E-state index contributed by atoms with van der Waals surface area (Å²) in [6.07, 6.45) is 2.22. The second-order valence-corrected chi connectivity index (χ2v) is 4.99. The summed E-state index contributed by atoms with van der Waals surface area (Å²) in [6, 6.07) is 0.300. The fourth-order valence-electron chi connectivity index (χ4n) is 1.77. The molecule has 1 aromatic rings. The molecule has 0 aromatic carbocycles. The van der Waals surface area contributed by atoms with Crippen molar-refractivity contribution in [2.75, 3.05) is 26.1 Å². The smallest absolute Gasteiger partial charge is 0.306 e. The fourth-order valence-corrected chi connectivity index (χ4v) is 2.63. The van der Waals surface area contributed by atoms with Crippen LogP contribution < -0.4 is 0 Å². The van der Waals surface area contributed by atoms with Crippen LogP contribution in [0.5, 0.6) is 0 Å². The second kappa shape index (κ2) is 6.69. The van der Waals surface area contributed by atoms with Crippen molar-refractivity contribution in [1.29, 1.82) is 0 Å². The molecule has 1 aliphatic heterocycles. The first-order valence-corrected chi connectivity index (χ1v) is 6.85. The second-order valence-electron chi connectivity index (χ2n) is 3.92. The third-order valence-electron chi connectivity index (χ3n) is 2.76. The van der Waals surface area contributed by atoms with E-state index in [1.165, 1.54) is 18.9 Å². The largest absolute Gasteiger partial charge is 0.469 e. The van der Waals surface area contributed by atoms with Gasteiger partial charge in [-0.05, 0) is 23.3 Å². The summed E-state index contributed by atoms with van der Waals surface area (Å²) in [5.74, 6) is 0.406. The predicted molar refractivity (Wildman–Crippen MR) is 64.3 cm³/mol. The molecule has 0 N–H and O–H groups in total. The van der Waals surface area contributed by atoms with Gasteiger partial charge in [0, 0.05) is 19.0 Å². The first kappa shape index (κ1) is 13.3. The number of ether oxygens (including phenoxy) is 2. The van der Waals surface area contributed by atoms with E-state index in [4.69, 9.17) is 4.74 Å². The lowest BCUT2D eigenvalue weighted by Crippen LogP contribution is -2.21. The van der Waals surface area contributed by atoms with E-state index in [2.05, 4.69) is 20.3 Å². The van der Waals surface area contributed by atoms with Crippen LogP contribution in [0.3, 0.4) is 0 Å². The van der Waals surface area contributed by atoms with E-state index in [1.807, 2.05) is 4.68 Å². The molecule has 0 unspecified atom stereocenters. The van der Waals surface area contributed by atoms with Crippen LogP contribution in [-0.2, 0) is 14.3 Å². The van der Waals surface area contributed by atoms with Gasteiger partial charge in [0.15, 0.2) is 0 Å². The Hall–Kier alpha value is -1.15. The van der Waals surface area contributed by atoms with Gasteiger partial charge in [-0.1, -0.05) is 11.8 Å². The Morgan fingerprint density at radius 3 is 3.06 bits per heavy atom. The molecule has 0 aliphatic carbocycles. The highest BCUT2D eigenvalue weighted by Gasteiger charge is 2.20. The Kier molecular flexibility index (Phi) is 4.94. The molecule has 2 rings (SSSR count). The third kappa shape index (κ3) is 3.42. The number of hydrogen-bond acceptors (Lipinski definition) is 7. The zero-order valence-corrected chi connectivity index (χ0v) is 11.1. The molecule has 1 aliphatic rings. The highest BCUT2D eigenvalue weighted by atomic mass is 32.2. The number of carbonyl (C=O) groups is 1. The van der Waals surface area contributed by atoms with Crippen LogP contribution in [0, 0.1) is 0 Å². The monoisotopic (exact) mass is 272 g/mol. The maximum absolute atomic E-state index is 11.0. The standard InChI is InChI=1S/C10H16N4O3S/c1-16-9(15)4-7-18-10-11-12-13-14(10)8-2-5-17-6-3-8/h8H,2-7H2,1H3. The van der Waals surface area contributed by atoms with Crippen molar-refractivity contribution in [2.45, 2.75) is 30.5 Å². The lowest BCUT2D eigenvalue weighted by molar-refractivity contribution is -0.140. The summed E-state index contributed by atoms with van der Waals surface area (Å²) < 4.78 is 11.7. The first-order chi connectivity index (χ1) is 8.81. The van der Waals surface area contributed by atoms with Gasteiger partial charge < -0.3 is 9.47 Å². The molecule has 1 aromatic heterocycles. The van der Waals surface area contributed by atoms with E-state index in [0.29, 0.717) is 18.2 Å². The maximum Gasteiger partial charge on any atom is 0.306 e. The number of thioether (sulfide) groups is 1. The minimum Gasteiger partial charge on any atom is -0.469 e. The molecule has 0 bridgehead atoms. The van der Waals surface area contributed by atoms with Crippen LogP contribution in [0.2, 0.25) is 0 Å². The van der Waals surface area contributed by atoms with Crippen molar-refractivity contribution >= 4 is 17.7 Å². The Morgan fingerprint density at radius 1 is 1.56 bits per heavy atom. The number of nitrogens with zero attached hydrogens (tertiary/aromatic N) is 4. The normalized spacial score (nSPS) is 16.7. The molecule has 18 heavy (non-hydrogen) atoms. The van der Waals surface area contributed by atoms with Crippen LogP contribution >= 0.6 is 11.8 Å². The molecule has 0 radical (unpaired) electrons. The van der Waals surface area contributed by atoms with Crippen LogP contribution in [0.1, 0.15) is 25.3 Å². The number of aromatic nitrogens is 4. The van der Waals surface area contributed by atoms with E-state index in [0.717, 1.165) is 31.2 Å². The number of esters is 1. The Labute approximate surface area is 109 Å². The summed E-state index contributed by atoms with van der Waals surface area (Å²) in [5.41, 5.74) is 0. The molecule has 2 heterocycles. The van der Waals surface area contributed by atoms with Gasteiger partial charge >= 0.3 is 5.97 Å². The van der Waals surface area contributed by atoms with Gasteiger partial charge in [-0.15, -0.1) is 5.10 Å². The summed E-state index contributed by atoms with van der Waals surface area (Å²) in [7, 11) is 1.39. The van der Waals surface area contributed by atoms with Crippen LogP contribution in [0.25, 0.3) is 0 Å². The molecule has 0 amide bonds. The average molecular weight is 272 g/mol. The van der Waals surface area contributed by atoms with Gasteiger partial charge in [-0.2, -0.15) is 0 Å². The van der Waals surface area contributed by atoms with Crippen molar-refractivity contribution in [3.05, 3.63) is 0 Å². The number of carbonyl (C=O) groups excluding carboxylic acids is 1. The molecule has 8 heteroatoms. The van der Waals surface area contributed by atoms with Crippen LogP contribution in [0.15, 0.2) is 5.16 Å². The summed E-state index contributed by atoms with van der Waals surface area (Å²) in [4.78, 5) is 11.0. The quantitative estimate of drug-likeness (QED) is 0.576. The van der Waals surface area contributed by atoms with E-state index in [-0.39, 0.29) is 5.97 Å². The van der Waals surface area contributed by atoms with E-state index < -0.39 is 0 Å². The van der Waals surface area contributed by atoms with Gasteiger partial charge in [-0.25, -0.2) is 4.68 Å². The van der Waals surface area contributed by atoms with Gasteiger partial charge in [-0.3, -0.25) is 4.79 Å². The van der Waals surface area contributed by atoms with Crippen molar-refractivity contribution in [2.24, 2.45) is 0 Å². The Morgan fingerprint density at radius 2 is 2.33 bits per heavy atom. The molecule has 1 saturated heterocycles. The predicted octanol–water partition coefficient (Wildman–Crippen LogP) is 0.680.